The molecule has 0 fully saturated rings. The maximum atomic E-state index is 11.5. The number of nitrogens with one attached hydrogen (secondary N) is 1. The summed E-state index contributed by atoms with van der Waals surface area (Å²) in [7, 11) is 0. The lowest BCUT2D eigenvalue weighted by atomic mass is 10.1. The SMILES string of the molecule is CCCCCCCCNC(=O)C(=NO)C(C)=NO. The van der Waals surface area contributed by atoms with Gasteiger partial charge < -0.3 is 15.7 Å². The number of unbranched alkanes of at least 4 members (excludes halogenated alkanes) is 5. The van der Waals surface area contributed by atoms with Gasteiger partial charge in [0.1, 0.15) is 5.71 Å². The highest BCUT2D eigenvalue weighted by Gasteiger charge is 2.15. The zero-order valence-corrected chi connectivity index (χ0v) is 11.1. The van der Waals surface area contributed by atoms with E-state index in [1.165, 1.54) is 32.6 Å². The molecular weight excluding hydrogens is 234 g/mol. The van der Waals surface area contributed by atoms with Crippen LogP contribution >= 0.6 is 0 Å². The molecule has 0 saturated carbocycles. The molecule has 0 aliphatic heterocycles. The number of carbonyl (C=O) groups is 1. The van der Waals surface area contributed by atoms with Gasteiger partial charge in [-0.05, 0) is 13.3 Å². The van der Waals surface area contributed by atoms with Gasteiger partial charge in [0.05, 0.1) is 0 Å². The van der Waals surface area contributed by atoms with Crippen molar-refractivity contribution in [3.8, 4) is 0 Å². The topological polar surface area (TPSA) is 94.3 Å². The molecule has 1 amide bonds. The van der Waals surface area contributed by atoms with Crippen LogP contribution < -0.4 is 5.32 Å². The molecule has 104 valence electrons. The summed E-state index contributed by atoms with van der Waals surface area (Å²) >= 11 is 0. The quantitative estimate of drug-likeness (QED) is 0.255. The average Bonchev–Trinajstić information content (AvgIpc) is 2.38. The Bertz CT molecular complexity index is 301. The van der Waals surface area contributed by atoms with Crippen LogP contribution in [0.2, 0.25) is 0 Å². The van der Waals surface area contributed by atoms with Crippen molar-refractivity contribution in [3.63, 3.8) is 0 Å². The molecule has 0 heterocycles. The van der Waals surface area contributed by atoms with Crippen LogP contribution in [-0.2, 0) is 4.79 Å². The summed E-state index contributed by atoms with van der Waals surface area (Å²) in [5, 5.41) is 25.4. The van der Waals surface area contributed by atoms with Crippen molar-refractivity contribution in [1.82, 2.24) is 5.32 Å². The predicted octanol–water partition coefficient (Wildman–Crippen LogP) is 2.14. The van der Waals surface area contributed by atoms with Gasteiger partial charge in [0.15, 0.2) is 5.71 Å². The summed E-state index contributed by atoms with van der Waals surface area (Å²) < 4.78 is 0. The van der Waals surface area contributed by atoms with E-state index in [9.17, 15) is 4.79 Å². The highest BCUT2D eigenvalue weighted by Crippen LogP contribution is 2.04. The predicted molar refractivity (Wildman–Crippen MR) is 70.5 cm³/mol. The number of amides is 1. The second-order valence-electron chi connectivity index (χ2n) is 4.16. The van der Waals surface area contributed by atoms with Crippen LogP contribution in [0, 0.1) is 0 Å². The Kier molecular flexibility index (Phi) is 9.62. The standard InChI is InChI=1S/C12H23N3O3/c1-3-4-5-6-7-8-9-13-12(16)11(15-18)10(2)14-17/h17-18H,3-9H2,1-2H3,(H,13,16). The highest BCUT2D eigenvalue weighted by molar-refractivity contribution is 6.66. The third-order valence-electron chi connectivity index (χ3n) is 2.62. The lowest BCUT2D eigenvalue weighted by Crippen LogP contribution is -2.35. The fourth-order valence-electron chi connectivity index (χ4n) is 1.52. The van der Waals surface area contributed by atoms with Crippen LogP contribution in [0.15, 0.2) is 10.3 Å². The molecule has 0 aromatic rings. The Morgan fingerprint density at radius 2 is 1.67 bits per heavy atom. The zero-order valence-electron chi connectivity index (χ0n) is 11.1. The van der Waals surface area contributed by atoms with E-state index in [0.717, 1.165) is 12.8 Å². The number of nitrogens with zero attached hydrogens (tertiary/aromatic N) is 2. The highest BCUT2D eigenvalue weighted by atomic mass is 16.4. The van der Waals surface area contributed by atoms with Crippen LogP contribution in [0.25, 0.3) is 0 Å². The van der Waals surface area contributed by atoms with Crippen molar-refractivity contribution >= 4 is 17.3 Å². The van der Waals surface area contributed by atoms with Gasteiger partial charge in [-0.1, -0.05) is 49.3 Å². The molecule has 0 rings (SSSR count). The number of carbonyl (C=O) groups excluding carboxylic acids is 1. The van der Waals surface area contributed by atoms with E-state index in [1.807, 2.05) is 0 Å². The van der Waals surface area contributed by atoms with Gasteiger partial charge in [-0.15, -0.1) is 0 Å². The largest absolute Gasteiger partial charge is 0.411 e. The molecule has 0 radical (unpaired) electrons. The lowest BCUT2D eigenvalue weighted by molar-refractivity contribution is -0.114. The van der Waals surface area contributed by atoms with Crippen molar-refractivity contribution in [3.05, 3.63) is 0 Å². The summed E-state index contributed by atoms with van der Waals surface area (Å²) in [5.74, 6) is -0.527. The second kappa shape index (κ2) is 10.6. The number of oxime groups is 2. The van der Waals surface area contributed by atoms with Crippen molar-refractivity contribution in [1.29, 1.82) is 0 Å². The molecule has 0 spiro atoms. The van der Waals surface area contributed by atoms with Crippen LogP contribution in [0.4, 0.5) is 0 Å². The Balaban J connectivity index is 3.77. The molecule has 18 heavy (non-hydrogen) atoms. The van der Waals surface area contributed by atoms with E-state index in [1.54, 1.807) is 0 Å². The fraction of sp³-hybridized carbons (Fsp3) is 0.750. The molecule has 0 atom stereocenters. The summed E-state index contributed by atoms with van der Waals surface area (Å²) in [6, 6.07) is 0. The minimum absolute atomic E-state index is 0.0158. The van der Waals surface area contributed by atoms with Gasteiger partial charge in [0.2, 0.25) is 0 Å². The van der Waals surface area contributed by atoms with Gasteiger partial charge in [-0.25, -0.2) is 0 Å². The molecule has 0 aliphatic carbocycles. The first-order valence-corrected chi connectivity index (χ1v) is 6.36. The second-order valence-corrected chi connectivity index (χ2v) is 4.16. The third-order valence-corrected chi connectivity index (χ3v) is 2.62. The van der Waals surface area contributed by atoms with Gasteiger partial charge >= 0.3 is 0 Å². The molecule has 0 aromatic carbocycles. The molecule has 3 N–H and O–H groups in total. The number of rotatable bonds is 9. The van der Waals surface area contributed by atoms with Crippen LogP contribution in [0.1, 0.15) is 52.4 Å². The summed E-state index contributed by atoms with van der Waals surface area (Å²) in [6.07, 6.45) is 6.82. The van der Waals surface area contributed by atoms with Gasteiger partial charge in [0, 0.05) is 6.54 Å². The van der Waals surface area contributed by atoms with Crippen molar-refractivity contribution in [2.24, 2.45) is 10.3 Å². The van der Waals surface area contributed by atoms with Crippen LogP contribution in [-0.4, -0.2) is 34.3 Å². The van der Waals surface area contributed by atoms with Crippen molar-refractivity contribution < 1.29 is 15.2 Å². The summed E-state index contributed by atoms with van der Waals surface area (Å²) in [5.41, 5.74) is -0.276. The van der Waals surface area contributed by atoms with E-state index < -0.39 is 5.91 Å². The summed E-state index contributed by atoms with van der Waals surface area (Å²) in [4.78, 5) is 11.5. The number of hydrogen-bond acceptors (Lipinski definition) is 5. The first kappa shape index (κ1) is 16.4. The first-order valence-electron chi connectivity index (χ1n) is 6.36. The van der Waals surface area contributed by atoms with E-state index in [4.69, 9.17) is 10.4 Å². The lowest BCUT2D eigenvalue weighted by Gasteiger charge is -2.05. The average molecular weight is 257 g/mol. The monoisotopic (exact) mass is 257 g/mol. The van der Waals surface area contributed by atoms with Crippen LogP contribution in [0.5, 0.6) is 0 Å². The van der Waals surface area contributed by atoms with Gasteiger partial charge in [0.25, 0.3) is 5.91 Å². The van der Waals surface area contributed by atoms with E-state index in [0.29, 0.717) is 6.54 Å². The minimum Gasteiger partial charge on any atom is -0.411 e. The Morgan fingerprint density at radius 3 is 2.22 bits per heavy atom. The van der Waals surface area contributed by atoms with Crippen molar-refractivity contribution in [2.45, 2.75) is 52.4 Å². The van der Waals surface area contributed by atoms with E-state index in [-0.39, 0.29) is 11.4 Å². The van der Waals surface area contributed by atoms with Gasteiger partial charge in [-0.3, -0.25) is 4.79 Å². The Labute approximate surface area is 108 Å². The van der Waals surface area contributed by atoms with Crippen molar-refractivity contribution in [2.75, 3.05) is 6.54 Å². The molecule has 0 saturated heterocycles. The van der Waals surface area contributed by atoms with Crippen LogP contribution in [0.3, 0.4) is 0 Å². The smallest absolute Gasteiger partial charge is 0.275 e. The maximum Gasteiger partial charge on any atom is 0.275 e. The zero-order chi connectivity index (χ0) is 13.8. The normalized spacial score (nSPS) is 12.6. The van der Waals surface area contributed by atoms with E-state index in [2.05, 4.69) is 22.6 Å². The fourth-order valence-corrected chi connectivity index (χ4v) is 1.52. The van der Waals surface area contributed by atoms with Gasteiger partial charge in [-0.2, -0.15) is 0 Å². The molecule has 0 bridgehead atoms. The minimum atomic E-state index is -0.527. The molecular formula is C12H23N3O3. The molecule has 0 aliphatic rings. The molecule has 0 aromatic heterocycles. The maximum absolute atomic E-state index is 11.5. The molecule has 6 heteroatoms. The molecule has 0 unspecified atom stereocenters. The van der Waals surface area contributed by atoms with E-state index >= 15 is 0 Å². The Morgan fingerprint density at radius 1 is 1.06 bits per heavy atom. The first-order chi connectivity index (χ1) is 8.67. The Hall–Kier alpha value is -1.59. The third kappa shape index (κ3) is 6.88. The molecule has 6 nitrogen and oxygen atoms in total. The number of hydrogen-bond donors (Lipinski definition) is 3. The summed E-state index contributed by atoms with van der Waals surface area (Å²) in [6.45, 7) is 4.09.